The Morgan fingerprint density at radius 3 is 2.88 bits per heavy atom. The number of piperidine rings is 3. The van der Waals surface area contributed by atoms with E-state index in [2.05, 4.69) is 29.8 Å². The lowest BCUT2D eigenvalue weighted by Crippen LogP contribution is -2.58. The number of fused-ring (bicyclic) bond motifs is 4. The van der Waals surface area contributed by atoms with Gasteiger partial charge in [0.25, 0.3) is 0 Å². The van der Waals surface area contributed by atoms with Gasteiger partial charge in [-0.1, -0.05) is 18.6 Å². The second-order valence-corrected chi connectivity index (χ2v) is 7.41. The maximum atomic E-state index is 11.8. The normalized spacial score (nSPS) is 29.9. The molecule has 5 rings (SSSR count). The number of aromatic hydroxyl groups is 1. The van der Waals surface area contributed by atoms with Gasteiger partial charge in [-0.2, -0.15) is 0 Å². The molecule has 25 heavy (non-hydrogen) atoms. The highest BCUT2D eigenvalue weighted by Crippen LogP contribution is 2.45. The maximum Gasteiger partial charge on any atom is 0.116 e. The minimum absolute atomic E-state index is 0.105. The molecule has 1 aromatic heterocycles. The number of phenols is 1. The number of aliphatic hydroxyl groups is 1. The van der Waals surface area contributed by atoms with Crippen molar-refractivity contribution in [1.29, 1.82) is 0 Å². The highest BCUT2D eigenvalue weighted by molar-refractivity contribution is 5.84. The Labute approximate surface area is 148 Å². The van der Waals surface area contributed by atoms with Gasteiger partial charge in [0.15, 0.2) is 0 Å². The molecule has 4 atom stereocenters. The highest BCUT2D eigenvalue weighted by atomic mass is 16.3. The number of hydrogen-bond acceptors (Lipinski definition) is 4. The van der Waals surface area contributed by atoms with E-state index in [1.807, 2.05) is 12.1 Å². The van der Waals surface area contributed by atoms with E-state index in [9.17, 15) is 10.2 Å². The van der Waals surface area contributed by atoms with E-state index >= 15 is 0 Å². The summed E-state index contributed by atoms with van der Waals surface area (Å²) in [6, 6.07) is 7.22. The zero-order valence-corrected chi connectivity index (χ0v) is 14.9. The Balaban J connectivity index is 1.81. The van der Waals surface area contributed by atoms with E-state index in [0.717, 1.165) is 36.0 Å². The molecule has 3 aliphatic heterocycles. The van der Waals surface area contributed by atoms with Crippen molar-refractivity contribution in [1.82, 2.24) is 9.88 Å². The van der Waals surface area contributed by atoms with Gasteiger partial charge in [-0.25, -0.2) is 0 Å². The molecule has 0 radical (unpaired) electrons. The summed E-state index contributed by atoms with van der Waals surface area (Å²) in [6.45, 7) is 6.18. The van der Waals surface area contributed by atoms with Crippen LogP contribution in [0.1, 0.15) is 38.7 Å². The summed E-state index contributed by atoms with van der Waals surface area (Å²) in [7, 11) is 0. The molecular weight excluding hydrogens is 312 g/mol. The number of pyridine rings is 1. The number of rotatable bonds is 3. The molecule has 2 aromatic rings. The molecule has 0 spiro atoms. The topological polar surface area (TPSA) is 56.6 Å². The Morgan fingerprint density at radius 1 is 1.36 bits per heavy atom. The van der Waals surface area contributed by atoms with Crippen molar-refractivity contribution in [2.45, 2.75) is 44.8 Å². The van der Waals surface area contributed by atoms with Gasteiger partial charge in [0.2, 0.25) is 0 Å². The number of phenolic OH excluding ortho intramolecular Hbond substituents is 1. The molecule has 4 heteroatoms. The third-order valence-electron chi connectivity index (χ3n) is 6.28. The van der Waals surface area contributed by atoms with Crippen molar-refractivity contribution in [3.8, 4) is 5.75 Å². The quantitative estimate of drug-likeness (QED) is 0.840. The predicted octanol–water partition coefficient (Wildman–Crippen LogP) is 3.58. The standard InChI is InChI=1S/C21H26N2O2/c1-3-14-13-23-10-8-15(14)11-20(23)21(25,4-2)18-7-9-22-19-6-5-16(24)12-17(18)19/h3,5-7,9,12,15,20,24-25H,4,8,10-11,13H2,1-2H3/b14-3-. The maximum absolute atomic E-state index is 11.8. The second-order valence-electron chi connectivity index (χ2n) is 7.41. The molecule has 4 heterocycles. The number of aromatic nitrogens is 1. The van der Waals surface area contributed by atoms with Crippen LogP contribution < -0.4 is 0 Å². The van der Waals surface area contributed by atoms with E-state index < -0.39 is 5.60 Å². The number of allylic oxidation sites excluding steroid dienone is 1. The fraction of sp³-hybridized carbons (Fsp3) is 0.476. The smallest absolute Gasteiger partial charge is 0.116 e. The monoisotopic (exact) mass is 338 g/mol. The zero-order valence-electron chi connectivity index (χ0n) is 14.9. The molecule has 3 fully saturated rings. The van der Waals surface area contributed by atoms with Gasteiger partial charge in [0.05, 0.1) is 5.52 Å². The van der Waals surface area contributed by atoms with E-state index in [-0.39, 0.29) is 11.8 Å². The van der Waals surface area contributed by atoms with E-state index in [1.165, 1.54) is 12.0 Å². The zero-order chi connectivity index (χ0) is 17.6. The molecule has 3 saturated heterocycles. The summed E-state index contributed by atoms with van der Waals surface area (Å²) in [4.78, 5) is 6.84. The van der Waals surface area contributed by atoms with Crippen LogP contribution in [0.3, 0.4) is 0 Å². The van der Waals surface area contributed by atoms with Crippen LogP contribution in [0.2, 0.25) is 0 Å². The summed E-state index contributed by atoms with van der Waals surface area (Å²) in [6.07, 6.45) is 6.84. The summed E-state index contributed by atoms with van der Waals surface area (Å²) >= 11 is 0. The Bertz CT molecular complexity index is 832. The van der Waals surface area contributed by atoms with Crippen molar-refractivity contribution in [2.24, 2.45) is 5.92 Å². The van der Waals surface area contributed by atoms with Gasteiger partial charge in [-0.15, -0.1) is 0 Å². The summed E-state index contributed by atoms with van der Waals surface area (Å²) in [5, 5.41) is 22.6. The molecule has 132 valence electrons. The lowest BCUT2D eigenvalue weighted by molar-refractivity contribution is -0.0867. The lowest BCUT2D eigenvalue weighted by Gasteiger charge is -2.53. The Hall–Kier alpha value is -1.91. The molecule has 0 aliphatic carbocycles. The first-order chi connectivity index (χ1) is 12.1. The summed E-state index contributed by atoms with van der Waals surface area (Å²) in [5.41, 5.74) is 2.27. The van der Waals surface area contributed by atoms with Crippen LogP contribution >= 0.6 is 0 Å². The minimum Gasteiger partial charge on any atom is -0.508 e. The van der Waals surface area contributed by atoms with Crippen LogP contribution in [0, 0.1) is 5.92 Å². The van der Waals surface area contributed by atoms with Gasteiger partial charge < -0.3 is 10.2 Å². The van der Waals surface area contributed by atoms with Crippen molar-refractivity contribution in [2.75, 3.05) is 13.1 Å². The first kappa shape index (κ1) is 16.6. The number of hydrogen-bond donors (Lipinski definition) is 2. The van der Waals surface area contributed by atoms with Gasteiger partial charge >= 0.3 is 0 Å². The molecule has 0 amide bonds. The number of benzene rings is 1. The first-order valence-electron chi connectivity index (χ1n) is 9.26. The molecule has 3 aliphatic rings. The van der Waals surface area contributed by atoms with Crippen molar-refractivity contribution in [3.63, 3.8) is 0 Å². The predicted molar refractivity (Wildman–Crippen MR) is 99.4 cm³/mol. The van der Waals surface area contributed by atoms with Gasteiger partial charge in [0.1, 0.15) is 11.4 Å². The van der Waals surface area contributed by atoms with Crippen molar-refractivity contribution < 1.29 is 10.2 Å². The average molecular weight is 338 g/mol. The Morgan fingerprint density at radius 2 is 2.20 bits per heavy atom. The lowest BCUT2D eigenvalue weighted by atomic mass is 9.70. The van der Waals surface area contributed by atoms with Gasteiger partial charge in [-0.05, 0) is 68.5 Å². The van der Waals surface area contributed by atoms with Crippen LogP contribution in [-0.2, 0) is 5.60 Å². The molecule has 4 nitrogen and oxygen atoms in total. The van der Waals surface area contributed by atoms with E-state index in [0.29, 0.717) is 12.3 Å². The summed E-state index contributed by atoms with van der Waals surface area (Å²) in [5.74, 6) is 0.793. The van der Waals surface area contributed by atoms with Crippen LogP contribution in [0.25, 0.3) is 10.9 Å². The van der Waals surface area contributed by atoms with E-state index in [1.54, 1.807) is 18.3 Å². The summed E-state index contributed by atoms with van der Waals surface area (Å²) < 4.78 is 0. The SMILES string of the molecule is C/C=C1/CN2CCC1CC2C(O)(CC)c1ccnc2ccc(O)cc12. The molecule has 0 saturated carbocycles. The van der Waals surface area contributed by atoms with Crippen molar-refractivity contribution in [3.05, 3.63) is 47.7 Å². The third kappa shape index (κ3) is 2.55. The van der Waals surface area contributed by atoms with Gasteiger partial charge in [-0.3, -0.25) is 9.88 Å². The van der Waals surface area contributed by atoms with Gasteiger partial charge in [0, 0.05) is 24.2 Å². The molecule has 2 bridgehead atoms. The van der Waals surface area contributed by atoms with E-state index in [4.69, 9.17) is 0 Å². The Kier molecular flexibility index (Phi) is 4.05. The number of nitrogens with zero attached hydrogens (tertiary/aromatic N) is 2. The third-order valence-corrected chi connectivity index (χ3v) is 6.28. The van der Waals surface area contributed by atoms with Crippen LogP contribution in [0.5, 0.6) is 5.75 Å². The van der Waals surface area contributed by atoms with Crippen molar-refractivity contribution >= 4 is 10.9 Å². The first-order valence-corrected chi connectivity index (χ1v) is 9.26. The molecular formula is C21H26N2O2. The highest BCUT2D eigenvalue weighted by Gasteiger charge is 2.47. The van der Waals surface area contributed by atoms with Crippen LogP contribution in [0.15, 0.2) is 42.1 Å². The minimum atomic E-state index is -0.938. The van der Waals surface area contributed by atoms with Crippen LogP contribution in [0.4, 0.5) is 0 Å². The average Bonchev–Trinajstić information content (AvgIpc) is 2.67. The fourth-order valence-electron chi connectivity index (χ4n) is 4.84. The van der Waals surface area contributed by atoms with Crippen LogP contribution in [-0.4, -0.2) is 39.2 Å². The molecule has 1 aromatic carbocycles. The second kappa shape index (κ2) is 6.11. The fourth-order valence-corrected chi connectivity index (χ4v) is 4.84. The largest absolute Gasteiger partial charge is 0.508 e. The molecule has 4 unspecified atom stereocenters. The molecule has 2 N–H and O–H groups in total.